The number of aromatic nitrogens is 2. The molecule has 0 radical (unpaired) electrons. The number of sulfone groups is 1. The average Bonchev–Trinajstić information content (AvgIpc) is 3.27. The fourth-order valence-corrected chi connectivity index (χ4v) is 5.98. The number of fused-ring (bicyclic) bond motifs is 1. The van der Waals surface area contributed by atoms with Crippen molar-refractivity contribution in [2.45, 2.75) is 62.4 Å². The molecular formula is C23H29N5O4S. The molecule has 0 aromatic carbocycles. The van der Waals surface area contributed by atoms with E-state index in [4.69, 9.17) is 0 Å². The molecule has 2 aromatic heterocycles. The summed E-state index contributed by atoms with van der Waals surface area (Å²) in [5, 5.41) is 2.33. The van der Waals surface area contributed by atoms with Gasteiger partial charge in [0.25, 0.3) is 0 Å². The Hall–Kier alpha value is -3.01. The number of carbonyl (C=O) groups is 2. The lowest BCUT2D eigenvalue weighted by molar-refractivity contribution is -0.132. The van der Waals surface area contributed by atoms with Gasteiger partial charge in [0.2, 0.25) is 5.91 Å². The second kappa shape index (κ2) is 9.86. The molecule has 1 saturated heterocycles. The van der Waals surface area contributed by atoms with Crippen LogP contribution in [0.5, 0.6) is 0 Å². The SMILES string of the molecule is CCCC(=O)N1CCC(S(=O)(=O)c2ccc(CNC(=O)N3Cc4ccncc4C3)nc2)CC1. The maximum absolute atomic E-state index is 13.0. The lowest BCUT2D eigenvalue weighted by atomic mass is 10.1. The van der Waals surface area contributed by atoms with Crippen LogP contribution >= 0.6 is 0 Å². The second-order valence-electron chi connectivity index (χ2n) is 8.52. The highest BCUT2D eigenvalue weighted by Crippen LogP contribution is 2.25. The number of urea groups is 1. The molecule has 0 spiro atoms. The summed E-state index contributed by atoms with van der Waals surface area (Å²) in [5.41, 5.74) is 2.72. The van der Waals surface area contributed by atoms with Crippen LogP contribution in [-0.2, 0) is 34.3 Å². The van der Waals surface area contributed by atoms with Crippen molar-refractivity contribution in [1.82, 2.24) is 25.1 Å². The third kappa shape index (κ3) is 5.16. The third-order valence-corrected chi connectivity index (χ3v) is 8.51. The van der Waals surface area contributed by atoms with Gasteiger partial charge in [-0.15, -0.1) is 0 Å². The van der Waals surface area contributed by atoms with Crippen LogP contribution in [-0.4, -0.2) is 58.5 Å². The number of amides is 3. The number of hydrogen-bond acceptors (Lipinski definition) is 6. The summed E-state index contributed by atoms with van der Waals surface area (Å²) in [6, 6.07) is 4.90. The second-order valence-corrected chi connectivity index (χ2v) is 10.7. The zero-order chi connectivity index (χ0) is 23.4. The molecule has 176 valence electrons. The number of rotatable bonds is 6. The smallest absolute Gasteiger partial charge is 0.318 e. The van der Waals surface area contributed by atoms with E-state index in [1.807, 2.05) is 13.0 Å². The molecule has 0 aliphatic carbocycles. The lowest BCUT2D eigenvalue weighted by Gasteiger charge is -2.31. The fraction of sp³-hybridized carbons (Fsp3) is 0.478. The maximum atomic E-state index is 13.0. The van der Waals surface area contributed by atoms with E-state index in [-0.39, 0.29) is 23.4 Å². The summed E-state index contributed by atoms with van der Waals surface area (Å²) >= 11 is 0. The van der Waals surface area contributed by atoms with Crippen molar-refractivity contribution in [3.05, 3.63) is 53.6 Å². The van der Waals surface area contributed by atoms with Crippen molar-refractivity contribution in [1.29, 1.82) is 0 Å². The van der Waals surface area contributed by atoms with Gasteiger partial charge in [0.1, 0.15) is 0 Å². The van der Waals surface area contributed by atoms with Gasteiger partial charge in [0.15, 0.2) is 9.84 Å². The van der Waals surface area contributed by atoms with Crippen LogP contribution in [0.4, 0.5) is 4.79 Å². The molecule has 10 heteroatoms. The number of likely N-dealkylation sites (tertiary alicyclic amines) is 1. The van der Waals surface area contributed by atoms with Crippen molar-refractivity contribution in [2.24, 2.45) is 0 Å². The van der Waals surface area contributed by atoms with E-state index in [1.54, 1.807) is 34.3 Å². The molecule has 1 fully saturated rings. The van der Waals surface area contributed by atoms with E-state index in [1.165, 1.54) is 6.20 Å². The lowest BCUT2D eigenvalue weighted by Crippen LogP contribution is -2.42. The molecular weight excluding hydrogens is 442 g/mol. The molecule has 0 saturated carbocycles. The first-order chi connectivity index (χ1) is 15.9. The van der Waals surface area contributed by atoms with Crippen molar-refractivity contribution in [3.63, 3.8) is 0 Å². The largest absolute Gasteiger partial charge is 0.343 e. The Balaban J connectivity index is 1.30. The number of nitrogens with one attached hydrogen (secondary N) is 1. The minimum atomic E-state index is -3.52. The quantitative estimate of drug-likeness (QED) is 0.692. The maximum Gasteiger partial charge on any atom is 0.318 e. The highest BCUT2D eigenvalue weighted by atomic mass is 32.2. The monoisotopic (exact) mass is 471 g/mol. The van der Waals surface area contributed by atoms with Gasteiger partial charge in [-0.05, 0) is 48.6 Å². The van der Waals surface area contributed by atoms with E-state index in [9.17, 15) is 18.0 Å². The predicted molar refractivity (Wildman–Crippen MR) is 122 cm³/mol. The van der Waals surface area contributed by atoms with Crippen LogP contribution in [0.25, 0.3) is 0 Å². The van der Waals surface area contributed by atoms with E-state index in [0.717, 1.165) is 17.5 Å². The van der Waals surface area contributed by atoms with Crippen LogP contribution in [0, 0.1) is 0 Å². The Labute approximate surface area is 194 Å². The van der Waals surface area contributed by atoms with Crippen molar-refractivity contribution < 1.29 is 18.0 Å². The Kier molecular flexibility index (Phi) is 6.92. The molecule has 4 heterocycles. The van der Waals surface area contributed by atoms with Crippen molar-refractivity contribution in [2.75, 3.05) is 13.1 Å². The summed E-state index contributed by atoms with van der Waals surface area (Å²) in [4.78, 5) is 36.5. The molecule has 0 unspecified atom stereocenters. The minimum absolute atomic E-state index is 0.0934. The predicted octanol–water partition coefficient (Wildman–Crippen LogP) is 2.27. The Morgan fingerprint density at radius 2 is 1.82 bits per heavy atom. The molecule has 1 N–H and O–H groups in total. The van der Waals surface area contributed by atoms with Crippen LogP contribution in [0.15, 0.2) is 41.7 Å². The molecule has 2 aromatic rings. The van der Waals surface area contributed by atoms with Crippen LogP contribution in [0.1, 0.15) is 49.4 Å². The summed E-state index contributed by atoms with van der Waals surface area (Å²) in [5.74, 6) is 0.0934. The molecule has 2 aliphatic heterocycles. The Morgan fingerprint density at radius 1 is 1.06 bits per heavy atom. The standard InChI is InChI=1S/C23H29N5O4S/c1-2-3-22(29)27-10-7-20(8-11-27)33(31,32)21-5-4-19(25-14-21)13-26-23(30)28-15-17-6-9-24-12-18(17)16-28/h4-6,9,12,14,20H,2-3,7-8,10-11,13,15-16H2,1H3,(H,26,30). The molecule has 9 nitrogen and oxygen atoms in total. The van der Waals surface area contributed by atoms with Crippen LogP contribution < -0.4 is 5.32 Å². The first-order valence-electron chi connectivity index (χ1n) is 11.3. The Bertz CT molecular complexity index is 1090. The number of hydrogen-bond donors (Lipinski definition) is 1. The molecule has 0 bridgehead atoms. The molecule has 2 aliphatic rings. The summed E-state index contributed by atoms with van der Waals surface area (Å²) < 4.78 is 26.0. The van der Waals surface area contributed by atoms with Crippen molar-refractivity contribution >= 4 is 21.8 Å². The number of carbonyl (C=O) groups excluding carboxylic acids is 2. The van der Waals surface area contributed by atoms with Gasteiger partial charge in [-0.25, -0.2) is 13.2 Å². The molecule has 3 amide bonds. The summed E-state index contributed by atoms with van der Waals surface area (Å²) in [6.45, 7) is 4.16. The summed E-state index contributed by atoms with van der Waals surface area (Å²) in [7, 11) is -3.52. The number of nitrogens with zero attached hydrogens (tertiary/aromatic N) is 4. The van der Waals surface area contributed by atoms with Gasteiger partial charge < -0.3 is 15.1 Å². The third-order valence-electron chi connectivity index (χ3n) is 6.26. The summed E-state index contributed by atoms with van der Waals surface area (Å²) in [6.07, 6.45) is 7.01. The highest BCUT2D eigenvalue weighted by molar-refractivity contribution is 7.92. The fourth-order valence-electron chi connectivity index (χ4n) is 4.31. The van der Waals surface area contributed by atoms with E-state index < -0.39 is 15.1 Å². The first-order valence-corrected chi connectivity index (χ1v) is 12.8. The van der Waals surface area contributed by atoms with Gasteiger partial charge in [-0.1, -0.05) is 6.92 Å². The van der Waals surface area contributed by atoms with Gasteiger partial charge in [-0.2, -0.15) is 0 Å². The number of pyridine rings is 2. The Morgan fingerprint density at radius 3 is 2.48 bits per heavy atom. The van der Waals surface area contributed by atoms with Crippen LogP contribution in [0.2, 0.25) is 0 Å². The van der Waals surface area contributed by atoms with Crippen LogP contribution in [0.3, 0.4) is 0 Å². The highest BCUT2D eigenvalue weighted by Gasteiger charge is 2.32. The average molecular weight is 472 g/mol. The first kappa shape index (κ1) is 23.2. The van der Waals surface area contributed by atoms with Gasteiger partial charge in [-0.3, -0.25) is 14.8 Å². The molecule has 0 atom stereocenters. The molecule has 4 rings (SSSR count). The van der Waals surface area contributed by atoms with Crippen molar-refractivity contribution in [3.8, 4) is 0 Å². The number of piperidine rings is 1. The van der Waals surface area contributed by atoms with E-state index >= 15 is 0 Å². The molecule has 33 heavy (non-hydrogen) atoms. The van der Waals surface area contributed by atoms with E-state index in [2.05, 4.69) is 15.3 Å². The van der Waals surface area contributed by atoms with Gasteiger partial charge in [0, 0.05) is 51.2 Å². The normalized spacial score (nSPS) is 16.5. The van der Waals surface area contributed by atoms with E-state index in [0.29, 0.717) is 51.1 Å². The topological polar surface area (TPSA) is 113 Å². The zero-order valence-corrected chi connectivity index (χ0v) is 19.6. The van der Waals surface area contributed by atoms with Gasteiger partial charge in [0.05, 0.1) is 22.4 Å². The zero-order valence-electron chi connectivity index (χ0n) is 18.7. The minimum Gasteiger partial charge on any atom is -0.343 e. The van der Waals surface area contributed by atoms with Gasteiger partial charge >= 0.3 is 6.03 Å².